The van der Waals surface area contributed by atoms with Crippen molar-refractivity contribution < 1.29 is 13.2 Å². The van der Waals surface area contributed by atoms with Gasteiger partial charge in [-0.1, -0.05) is 35.1 Å². The first-order valence-electron chi connectivity index (χ1n) is 7.08. The Balaban J connectivity index is 1.63. The van der Waals surface area contributed by atoms with Gasteiger partial charge in [0.1, 0.15) is 0 Å². The number of thiazole rings is 1. The van der Waals surface area contributed by atoms with Crippen LogP contribution in [0, 0.1) is 0 Å². The molecule has 3 aromatic rings. The molecule has 0 aliphatic heterocycles. The van der Waals surface area contributed by atoms with Gasteiger partial charge >= 0.3 is 0 Å². The highest BCUT2D eigenvalue weighted by atomic mass is 35.5. The van der Waals surface area contributed by atoms with Gasteiger partial charge in [0.25, 0.3) is 0 Å². The minimum absolute atomic E-state index is 0.138. The van der Waals surface area contributed by atoms with E-state index in [0.29, 0.717) is 10.2 Å². The van der Waals surface area contributed by atoms with E-state index in [1.807, 2.05) is 24.3 Å². The van der Waals surface area contributed by atoms with Crippen molar-refractivity contribution in [3.63, 3.8) is 0 Å². The molecule has 1 N–H and O–H groups in total. The quantitative estimate of drug-likeness (QED) is 0.731. The van der Waals surface area contributed by atoms with Gasteiger partial charge in [-0.15, -0.1) is 0 Å². The fourth-order valence-electron chi connectivity index (χ4n) is 2.09. The molecular formula is C16H13ClN2O3S2. The second-order valence-corrected chi connectivity index (χ2v) is 8.63. The number of benzene rings is 2. The first kappa shape index (κ1) is 16.9. The topological polar surface area (TPSA) is 76.1 Å². The Morgan fingerprint density at radius 3 is 2.54 bits per heavy atom. The number of rotatable bonds is 5. The van der Waals surface area contributed by atoms with Gasteiger partial charge in [0, 0.05) is 11.4 Å². The molecule has 124 valence electrons. The molecule has 0 spiro atoms. The van der Waals surface area contributed by atoms with Crippen LogP contribution in [0.15, 0.2) is 53.4 Å². The Hall–Kier alpha value is -1.96. The molecule has 1 heterocycles. The summed E-state index contributed by atoms with van der Waals surface area (Å²) in [5.74, 6) is -0.655. The molecule has 24 heavy (non-hydrogen) atoms. The van der Waals surface area contributed by atoms with E-state index in [9.17, 15) is 13.2 Å². The van der Waals surface area contributed by atoms with Crippen LogP contribution in [0.5, 0.6) is 0 Å². The highest BCUT2D eigenvalue weighted by Gasteiger charge is 2.17. The predicted octanol–water partition coefficient (Wildman–Crippen LogP) is 3.75. The summed E-state index contributed by atoms with van der Waals surface area (Å²) in [6.07, 6.45) is -0.138. The Bertz CT molecular complexity index is 949. The molecule has 0 unspecified atom stereocenters. The number of nitrogens with one attached hydrogen (secondary N) is 1. The molecule has 0 aliphatic rings. The SMILES string of the molecule is O=C(CCS(=O)(=O)c1ccc(Cl)cc1)Nc1nc2ccccc2s1. The summed E-state index contributed by atoms with van der Waals surface area (Å²) >= 11 is 7.10. The van der Waals surface area contributed by atoms with Crippen LogP contribution in [-0.4, -0.2) is 25.1 Å². The lowest BCUT2D eigenvalue weighted by Crippen LogP contribution is -2.17. The van der Waals surface area contributed by atoms with Crippen molar-refractivity contribution in [2.45, 2.75) is 11.3 Å². The highest BCUT2D eigenvalue weighted by Crippen LogP contribution is 2.25. The van der Waals surface area contributed by atoms with Gasteiger partial charge in [-0.05, 0) is 36.4 Å². The van der Waals surface area contributed by atoms with Crippen LogP contribution in [0.25, 0.3) is 10.2 Å². The third-order valence-corrected chi connectivity index (χ3v) is 6.25. The van der Waals surface area contributed by atoms with Crippen molar-refractivity contribution in [3.05, 3.63) is 53.6 Å². The summed E-state index contributed by atoms with van der Waals surface area (Å²) in [6, 6.07) is 13.4. The third-order valence-electron chi connectivity index (χ3n) is 3.31. The highest BCUT2D eigenvalue weighted by molar-refractivity contribution is 7.91. The van der Waals surface area contributed by atoms with Crippen molar-refractivity contribution in [2.75, 3.05) is 11.1 Å². The maximum Gasteiger partial charge on any atom is 0.227 e. The molecule has 0 radical (unpaired) electrons. The molecule has 0 bridgehead atoms. The van der Waals surface area contributed by atoms with Crippen LogP contribution in [0.4, 0.5) is 5.13 Å². The van der Waals surface area contributed by atoms with Crippen LogP contribution < -0.4 is 5.32 Å². The summed E-state index contributed by atoms with van der Waals surface area (Å²) in [5, 5.41) is 3.57. The smallest absolute Gasteiger partial charge is 0.227 e. The van der Waals surface area contributed by atoms with E-state index < -0.39 is 9.84 Å². The van der Waals surface area contributed by atoms with Crippen LogP contribution in [0.2, 0.25) is 5.02 Å². The lowest BCUT2D eigenvalue weighted by atomic mass is 10.3. The molecule has 1 aromatic heterocycles. The number of amides is 1. The zero-order chi connectivity index (χ0) is 17.2. The molecule has 0 saturated carbocycles. The molecule has 0 fully saturated rings. The average molecular weight is 381 g/mol. The van der Waals surface area contributed by atoms with Crippen LogP contribution in [0.1, 0.15) is 6.42 Å². The van der Waals surface area contributed by atoms with Gasteiger partial charge in [0.15, 0.2) is 15.0 Å². The molecule has 5 nitrogen and oxygen atoms in total. The number of carbonyl (C=O) groups excluding carboxylic acids is 1. The minimum atomic E-state index is -3.53. The Morgan fingerprint density at radius 1 is 1.12 bits per heavy atom. The lowest BCUT2D eigenvalue weighted by molar-refractivity contribution is -0.115. The van der Waals surface area contributed by atoms with Gasteiger partial charge in [0.05, 0.1) is 20.9 Å². The largest absolute Gasteiger partial charge is 0.302 e. The summed E-state index contributed by atoms with van der Waals surface area (Å²) in [6.45, 7) is 0. The second-order valence-electron chi connectivity index (χ2n) is 5.06. The first-order chi connectivity index (χ1) is 11.4. The molecular weight excluding hydrogens is 368 g/mol. The van der Waals surface area contributed by atoms with Crippen molar-refractivity contribution in [2.24, 2.45) is 0 Å². The molecule has 8 heteroatoms. The lowest BCUT2D eigenvalue weighted by Gasteiger charge is -2.04. The molecule has 0 atom stereocenters. The van der Waals surface area contributed by atoms with Crippen molar-refractivity contribution in [3.8, 4) is 0 Å². The van der Waals surface area contributed by atoms with Gasteiger partial charge in [-0.2, -0.15) is 0 Å². The number of hydrogen-bond donors (Lipinski definition) is 1. The van der Waals surface area contributed by atoms with E-state index in [-0.39, 0.29) is 23.0 Å². The average Bonchev–Trinajstić information content (AvgIpc) is 2.95. The number of fused-ring (bicyclic) bond motifs is 1. The number of aromatic nitrogens is 1. The van der Waals surface area contributed by atoms with Crippen LogP contribution in [0.3, 0.4) is 0 Å². The standard InChI is InChI=1S/C16H13ClN2O3S2/c17-11-5-7-12(8-6-11)24(21,22)10-9-15(20)19-16-18-13-3-1-2-4-14(13)23-16/h1-8H,9-10H2,(H,18,19,20). The normalized spacial score (nSPS) is 11.5. The summed E-state index contributed by atoms with van der Waals surface area (Å²) in [5.41, 5.74) is 0.798. The van der Waals surface area contributed by atoms with E-state index in [0.717, 1.165) is 10.2 Å². The summed E-state index contributed by atoms with van der Waals surface area (Å²) < 4.78 is 25.4. The van der Waals surface area contributed by atoms with Gasteiger partial charge in [0.2, 0.25) is 5.91 Å². The number of para-hydroxylation sites is 1. The first-order valence-corrected chi connectivity index (χ1v) is 9.92. The number of hydrogen-bond acceptors (Lipinski definition) is 5. The fourth-order valence-corrected chi connectivity index (χ4v) is 4.34. The number of halogens is 1. The van der Waals surface area contributed by atoms with Crippen molar-refractivity contribution in [1.29, 1.82) is 0 Å². The Labute approximate surface area is 148 Å². The number of carbonyl (C=O) groups is 1. The fraction of sp³-hybridized carbons (Fsp3) is 0.125. The molecule has 3 rings (SSSR count). The Kier molecular flexibility index (Phi) is 4.84. The molecule has 0 saturated heterocycles. The maximum atomic E-state index is 12.2. The van der Waals surface area contributed by atoms with E-state index in [1.54, 1.807) is 0 Å². The van der Waals surface area contributed by atoms with Crippen molar-refractivity contribution >= 4 is 54.0 Å². The van der Waals surface area contributed by atoms with E-state index in [2.05, 4.69) is 10.3 Å². The monoisotopic (exact) mass is 380 g/mol. The zero-order valence-corrected chi connectivity index (χ0v) is 14.8. The second kappa shape index (κ2) is 6.88. The predicted molar refractivity (Wildman–Crippen MR) is 96.4 cm³/mol. The summed E-state index contributed by atoms with van der Waals surface area (Å²) in [7, 11) is -3.53. The summed E-state index contributed by atoms with van der Waals surface area (Å²) in [4.78, 5) is 16.4. The zero-order valence-electron chi connectivity index (χ0n) is 12.4. The van der Waals surface area contributed by atoms with Gasteiger partial charge in [-0.25, -0.2) is 13.4 Å². The van der Waals surface area contributed by atoms with E-state index >= 15 is 0 Å². The number of nitrogens with zero attached hydrogens (tertiary/aromatic N) is 1. The number of sulfone groups is 1. The van der Waals surface area contributed by atoms with Gasteiger partial charge in [-0.3, -0.25) is 4.79 Å². The molecule has 2 aromatic carbocycles. The van der Waals surface area contributed by atoms with Gasteiger partial charge < -0.3 is 5.32 Å². The van der Waals surface area contributed by atoms with Crippen molar-refractivity contribution in [1.82, 2.24) is 4.98 Å². The van der Waals surface area contributed by atoms with E-state index in [1.165, 1.54) is 35.6 Å². The Morgan fingerprint density at radius 2 is 1.83 bits per heavy atom. The molecule has 1 amide bonds. The van der Waals surface area contributed by atoms with Crippen LogP contribution in [-0.2, 0) is 14.6 Å². The van der Waals surface area contributed by atoms with E-state index in [4.69, 9.17) is 11.6 Å². The number of anilines is 1. The minimum Gasteiger partial charge on any atom is -0.302 e. The molecule has 0 aliphatic carbocycles. The third kappa shape index (κ3) is 3.92. The maximum absolute atomic E-state index is 12.2. The van der Waals surface area contributed by atoms with Crippen LogP contribution >= 0.6 is 22.9 Å².